The van der Waals surface area contributed by atoms with Crippen LogP contribution in [0.5, 0.6) is 0 Å². The van der Waals surface area contributed by atoms with Gasteiger partial charge in [-0.05, 0) is 12.8 Å². The molecule has 0 fully saturated rings. The number of primary sulfonamides is 1. The molecule has 0 bridgehead atoms. The number of hydrogen-bond acceptors (Lipinski definition) is 4. The molecule has 0 saturated heterocycles. The second kappa shape index (κ2) is 4.40. The van der Waals surface area contributed by atoms with Crippen LogP contribution in [0.15, 0.2) is 10.4 Å². The maximum absolute atomic E-state index is 11.7. The lowest BCUT2D eigenvalue weighted by Gasteiger charge is -2.02. The molecule has 2 heterocycles. The Labute approximate surface area is 104 Å². The zero-order valence-electron chi connectivity index (χ0n) is 9.80. The van der Waals surface area contributed by atoms with E-state index >= 15 is 0 Å². The lowest BCUT2D eigenvalue weighted by Crippen LogP contribution is -2.17. The summed E-state index contributed by atoms with van der Waals surface area (Å²) in [5.41, 5.74) is 1.51. The summed E-state index contributed by atoms with van der Waals surface area (Å²) in [4.78, 5) is 5.06. The number of fused-ring (bicyclic) bond motifs is 1. The third-order valence-corrected chi connectivity index (χ3v) is 4.41. The second-order valence-corrected chi connectivity index (χ2v) is 6.17. The number of aromatic nitrogens is 2. The van der Waals surface area contributed by atoms with Crippen LogP contribution >= 0.6 is 11.3 Å². The van der Waals surface area contributed by atoms with Crippen molar-refractivity contribution in [2.75, 3.05) is 0 Å². The van der Waals surface area contributed by atoms with Crippen molar-refractivity contribution < 1.29 is 8.42 Å². The third-order valence-electron chi connectivity index (χ3n) is 2.58. The highest BCUT2D eigenvalue weighted by Crippen LogP contribution is 2.25. The number of hydrogen-bond donors (Lipinski definition) is 1. The normalized spacial score (nSPS) is 12.4. The van der Waals surface area contributed by atoms with Gasteiger partial charge in [-0.25, -0.2) is 18.5 Å². The summed E-state index contributed by atoms with van der Waals surface area (Å²) in [6.07, 6.45) is 2.22. The van der Waals surface area contributed by atoms with Crippen molar-refractivity contribution in [2.24, 2.45) is 5.14 Å². The molecule has 0 aliphatic heterocycles. The van der Waals surface area contributed by atoms with Gasteiger partial charge in [-0.1, -0.05) is 20.3 Å². The van der Waals surface area contributed by atoms with Crippen molar-refractivity contribution >= 4 is 26.3 Å². The Morgan fingerprint density at radius 1 is 1.47 bits per heavy atom. The topological polar surface area (TPSA) is 77.5 Å². The van der Waals surface area contributed by atoms with E-state index in [1.54, 1.807) is 4.40 Å². The van der Waals surface area contributed by atoms with E-state index in [2.05, 4.69) is 4.98 Å². The van der Waals surface area contributed by atoms with Gasteiger partial charge in [0.25, 0.3) is 10.0 Å². The molecule has 0 saturated carbocycles. The van der Waals surface area contributed by atoms with Gasteiger partial charge in [0.15, 0.2) is 9.99 Å². The van der Waals surface area contributed by atoms with Gasteiger partial charge in [0.1, 0.15) is 0 Å². The molecule has 0 radical (unpaired) electrons. The second-order valence-electron chi connectivity index (χ2n) is 3.86. The minimum Gasteiger partial charge on any atom is -0.277 e. The van der Waals surface area contributed by atoms with Crippen molar-refractivity contribution in [2.45, 2.75) is 38.1 Å². The smallest absolute Gasteiger partial charge is 0.255 e. The van der Waals surface area contributed by atoms with Gasteiger partial charge in [0, 0.05) is 11.1 Å². The number of nitrogens with zero attached hydrogens (tertiary/aromatic N) is 2. The van der Waals surface area contributed by atoms with Crippen molar-refractivity contribution in [1.82, 2.24) is 9.38 Å². The number of sulfonamides is 1. The zero-order valence-corrected chi connectivity index (χ0v) is 11.4. The van der Waals surface area contributed by atoms with Gasteiger partial charge in [0.05, 0.1) is 5.69 Å². The molecule has 2 N–H and O–H groups in total. The zero-order chi connectivity index (χ0) is 12.6. The molecule has 0 aliphatic rings. The van der Waals surface area contributed by atoms with Gasteiger partial charge in [-0.3, -0.25) is 4.40 Å². The molecule has 0 spiro atoms. The van der Waals surface area contributed by atoms with E-state index in [1.165, 1.54) is 11.3 Å². The first-order chi connectivity index (χ1) is 7.99. The Kier molecular flexibility index (Phi) is 3.24. The monoisotopic (exact) mass is 273 g/mol. The maximum Gasteiger partial charge on any atom is 0.255 e. The van der Waals surface area contributed by atoms with Crippen LogP contribution in [0.2, 0.25) is 0 Å². The fraction of sp³-hybridized carbons (Fsp3) is 0.500. The highest BCUT2D eigenvalue weighted by Gasteiger charge is 2.23. The molecular formula is C10H15N3O2S2. The Bertz CT molecular complexity index is 640. The molecule has 0 atom stereocenters. The van der Waals surface area contributed by atoms with E-state index in [4.69, 9.17) is 5.14 Å². The number of aryl methyl sites for hydroxylation is 2. The quantitative estimate of drug-likeness (QED) is 0.918. The van der Waals surface area contributed by atoms with E-state index in [1.807, 2.05) is 19.2 Å². The molecule has 94 valence electrons. The average molecular weight is 273 g/mol. The van der Waals surface area contributed by atoms with E-state index in [0.29, 0.717) is 17.1 Å². The first-order valence-corrected chi connectivity index (χ1v) is 7.92. The molecule has 17 heavy (non-hydrogen) atoms. The predicted molar refractivity (Wildman–Crippen MR) is 67.8 cm³/mol. The fourth-order valence-electron chi connectivity index (χ4n) is 1.87. The molecule has 7 heteroatoms. The van der Waals surface area contributed by atoms with E-state index in [0.717, 1.165) is 18.5 Å². The predicted octanol–water partition coefficient (Wildman–Crippen LogP) is 1.56. The summed E-state index contributed by atoms with van der Waals surface area (Å²) >= 11 is 1.45. The molecule has 0 unspecified atom stereocenters. The van der Waals surface area contributed by atoms with Crippen LogP contribution in [0.3, 0.4) is 0 Å². The van der Waals surface area contributed by atoms with Crippen LogP contribution < -0.4 is 5.14 Å². The van der Waals surface area contributed by atoms with Gasteiger partial charge in [0.2, 0.25) is 0 Å². The van der Waals surface area contributed by atoms with Crippen LogP contribution in [0.25, 0.3) is 4.96 Å². The standard InChI is InChI=1S/C10H15N3O2S2/c1-3-5-8-9(17(11,14)15)13-7(4-2)6-16-10(13)12-8/h6H,3-5H2,1-2H3,(H2,11,14,15). The van der Waals surface area contributed by atoms with Gasteiger partial charge in [-0.15, -0.1) is 11.3 Å². The maximum atomic E-state index is 11.7. The average Bonchev–Trinajstić information content (AvgIpc) is 2.74. The molecule has 0 amide bonds. The number of rotatable bonds is 4. The first-order valence-electron chi connectivity index (χ1n) is 5.49. The largest absolute Gasteiger partial charge is 0.277 e. The third kappa shape index (κ3) is 2.10. The number of nitrogens with two attached hydrogens (primary N) is 1. The summed E-state index contributed by atoms with van der Waals surface area (Å²) in [7, 11) is -3.73. The summed E-state index contributed by atoms with van der Waals surface area (Å²) in [6, 6.07) is 0. The molecular weight excluding hydrogens is 258 g/mol. The van der Waals surface area contributed by atoms with Crippen molar-refractivity contribution in [3.63, 3.8) is 0 Å². The van der Waals surface area contributed by atoms with Gasteiger partial charge < -0.3 is 0 Å². The van der Waals surface area contributed by atoms with Crippen molar-refractivity contribution in [3.8, 4) is 0 Å². The first kappa shape index (κ1) is 12.5. The van der Waals surface area contributed by atoms with Crippen LogP contribution in [0, 0.1) is 0 Å². The Morgan fingerprint density at radius 3 is 2.71 bits per heavy atom. The van der Waals surface area contributed by atoms with E-state index < -0.39 is 10.0 Å². The summed E-state index contributed by atoms with van der Waals surface area (Å²) in [5.74, 6) is 0. The Morgan fingerprint density at radius 2 is 2.18 bits per heavy atom. The molecule has 5 nitrogen and oxygen atoms in total. The Balaban J connectivity index is 2.80. The number of thiazole rings is 1. The van der Waals surface area contributed by atoms with Crippen LogP contribution in [0.1, 0.15) is 31.7 Å². The summed E-state index contributed by atoms with van der Waals surface area (Å²) < 4.78 is 25.1. The Hall–Kier alpha value is -0.920. The minimum absolute atomic E-state index is 0.160. The molecule has 2 aromatic heterocycles. The number of imidazole rings is 1. The molecule has 2 rings (SSSR count). The molecule has 0 aromatic carbocycles. The summed E-state index contributed by atoms with van der Waals surface area (Å²) in [5, 5.41) is 7.38. The lowest BCUT2D eigenvalue weighted by molar-refractivity contribution is 0.590. The van der Waals surface area contributed by atoms with E-state index in [-0.39, 0.29) is 5.03 Å². The molecule has 2 aromatic rings. The fourth-order valence-corrected chi connectivity index (χ4v) is 3.85. The SMILES string of the molecule is CCCc1nc2scc(CC)n2c1S(N)(=O)=O. The van der Waals surface area contributed by atoms with Crippen molar-refractivity contribution in [3.05, 3.63) is 16.8 Å². The van der Waals surface area contributed by atoms with Crippen LogP contribution in [-0.2, 0) is 22.9 Å². The highest BCUT2D eigenvalue weighted by molar-refractivity contribution is 7.89. The van der Waals surface area contributed by atoms with Crippen LogP contribution in [-0.4, -0.2) is 17.8 Å². The molecule has 0 aliphatic carbocycles. The highest BCUT2D eigenvalue weighted by atomic mass is 32.2. The minimum atomic E-state index is -3.73. The summed E-state index contributed by atoms with van der Waals surface area (Å²) in [6.45, 7) is 3.97. The van der Waals surface area contributed by atoms with Gasteiger partial charge >= 0.3 is 0 Å². The van der Waals surface area contributed by atoms with Crippen molar-refractivity contribution in [1.29, 1.82) is 0 Å². The van der Waals surface area contributed by atoms with Gasteiger partial charge in [-0.2, -0.15) is 0 Å². The lowest BCUT2D eigenvalue weighted by atomic mass is 10.3. The van der Waals surface area contributed by atoms with Crippen LogP contribution in [0.4, 0.5) is 0 Å². The van der Waals surface area contributed by atoms with E-state index in [9.17, 15) is 8.42 Å².